The Morgan fingerprint density at radius 1 is 1.00 bits per heavy atom. The van der Waals surface area contributed by atoms with Crippen molar-refractivity contribution in [3.8, 4) is 17.2 Å². The summed E-state index contributed by atoms with van der Waals surface area (Å²) in [5, 5.41) is -0.151. The van der Waals surface area contributed by atoms with Crippen LogP contribution in [-0.4, -0.2) is 36.3 Å². The first-order valence-electron chi connectivity index (χ1n) is 10.6. The molecule has 9 heteroatoms. The molecule has 0 saturated carbocycles. The van der Waals surface area contributed by atoms with Crippen LogP contribution in [0.5, 0.6) is 17.2 Å². The molecule has 3 aromatic rings. The summed E-state index contributed by atoms with van der Waals surface area (Å²) >= 11 is 6.94. The zero-order chi connectivity index (χ0) is 24.8. The van der Waals surface area contributed by atoms with Crippen LogP contribution < -0.4 is 14.2 Å². The lowest BCUT2D eigenvalue weighted by Crippen LogP contribution is -2.32. The largest absolute Gasteiger partial charge is 0.493 e. The van der Waals surface area contributed by atoms with Gasteiger partial charge < -0.3 is 14.2 Å². The maximum Gasteiger partial charge on any atom is 0.293 e. The van der Waals surface area contributed by atoms with Crippen LogP contribution in [0.4, 0.5) is 9.18 Å². The molecule has 1 saturated heterocycles. The Kier molecular flexibility index (Phi) is 7.94. The van der Waals surface area contributed by atoms with E-state index in [1.807, 2.05) is 18.2 Å². The third-order valence-corrected chi connectivity index (χ3v) is 6.40. The van der Waals surface area contributed by atoms with E-state index in [0.29, 0.717) is 22.8 Å². The average Bonchev–Trinajstić information content (AvgIpc) is 3.12. The number of amides is 2. The van der Waals surface area contributed by atoms with Crippen LogP contribution in [0.15, 0.2) is 71.6 Å². The zero-order valence-corrected chi connectivity index (χ0v) is 20.3. The summed E-state index contributed by atoms with van der Waals surface area (Å²) in [6.45, 7) is 0.140. The lowest BCUT2D eigenvalue weighted by Gasteiger charge is -2.15. The second kappa shape index (κ2) is 11.3. The quantitative estimate of drug-likeness (QED) is 0.318. The molecule has 180 valence electrons. The second-order valence-corrected chi connectivity index (χ2v) is 8.76. The topological polar surface area (TPSA) is 65.1 Å². The number of carbonyl (C=O) groups excluding carboxylic acids is 2. The van der Waals surface area contributed by atoms with Crippen molar-refractivity contribution in [1.82, 2.24) is 4.90 Å². The number of carbonyl (C=O) groups is 2. The lowest BCUT2D eigenvalue weighted by molar-refractivity contribution is -0.123. The molecule has 2 amide bonds. The highest BCUT2D eigenvalue weighted by molar-refractivity contribution is 8.18. The van der Waals surface area contributed by atoms with Crippen LogP contribution in [0.2, 0.25) is 5.02 Å². The van der Waals surface area contributed by atoms with Crippen molar-refractivity contribution in [1.29, 1.82) is 0 Å². The van der Waals surface area contributed by atoms with E-state index in [4.69, 9.17) is 25.8 Å². The van der Waals surface area contributed by atoms with Crippen molar-refractivity contribution in [2.45, 2.75) is 6.61 Å². The van der Waals surface area contributed by atoms with Crippen molar-refractivity contribution >= 4 is 40.6 Å². The van der Waals surface area contributed by atoms with Crippen molar-refractivity contribution in [2.75, 3.05) is 20.3 Å². The van der Waals surface area contributed by atoms with E-state index in [2.05, 4.69) is 0 Å². The molecule has 4 rings (SSSR count). The SMILES string of the molecule is COc1cccc(/C=C2\SC(=O)N(CCOc3ccccc3)C2=O)c1OCc1c(F)cccc1Cl. The van der Waals surface area contributed by atoms with Gasteiger partial charge in [0.15, 0.2) is 11.5 Å². The van der Waals surface area contributed by atoms with Crippen LogP contribution in [-0.2, 0) is 11.4 Å². The van der Waals surface area contributed by atoms with E-state index in [-0.39, 0.29) is 40.5 Å². The molecular formula is C26H21ClFNO5S. The third-order valence-electron chi connectivity index (χ3n) is 5.14. The standard InChI is InChI=1S/C26H21ClFNO5S/c1-32-22-12-5-7-17(24(22)34-16-19-20(27)10-6-11-21(19)28)15-23-25(30)29(26(31)35-23)13-14-33-18-8-3-2-4-9-18/h2-12,15H,13-14,16H2,1H3/b23-15-. The van der Waals surface area contributed by atoms with Crippen LogP contribution >= 0.6 is 23.4 Å². The molecule has 3 aromatic carbocycles. The van der Waals surface area contributed by atoms with Crippen molar-refractivity contribution in [2.24, 2.45) is 0 Å². The molecule has 0 spiro atoms. The van der Waals surface area contributed by atoms with Gasteiger partial charge in [-0.15, -0.1) is 0 Å². The van der Waals surface area contributed by atoms with Gasteiger partial charge in [0.25, 0.3) is 11.1 Å². The molecule has 6 nitrogen and oxygen atoms in total. The molecule has 0 N–H and O–H groups in total. The number of rotatable bonds is 9. The number of para-hydroxylation sites is 2. The normalized spacial score (nSPS) is 14.5. The summed E-state index contributed by atoms with van der Waals surface area (Å²) in [6, 6.07) is 18.7. The van der Waals surface area contributed by atoms with Gasteiger partial charge in [0.2, 0.25) is 0 Å². The van der Waals surface area contributed by atoms with Crippen LogP contribution in [0.1, 0.15) is 11.1 Å². The Morgan fingerprint density at radius 3 is 2.51 bits per heavy atom. The molecule has 0 radical (unpaired) electrons. The van der Waals surface area contributed by atoms with Gasteiger partial charge in [-0.3, -0.25) is 14.5 Å². The van der Waals surface area contributed by atoms with Gasteiger partial charge in [0.1, 0.15) is 24.8 Å². The van der Waals surface area contributed by atoms with Gasteiger partial charge in [-0.1, -0.05) is 48.0 Å². The molecule has 0 aliphatic carbocycles. The predicted molar refractivity (Wildman–Crippen MR) is 133 cm³/mol. The first kappa shape index (κ1) is 24.6. The minimum absolute atomic E-state index is 0.115. The number of hydrogen-bond donors (Lipinski definition) is 0. The molecule has 35 heavy (non-hydrogen) atoms. The highest BCUT2D eigenvalue weighted by atomic mass is 35.5. The molecule has 1 aliphatic rings. The van der Waals surface area contributed by atoms with E-state index in [0.717, 1.165) is 16.7 Å². The Labute approximate surface area is 211 Å². The summed E-state index contributed by atoms with van der Waals surface area (Å²) in [6.07, 6.45) is 1.56. The molecule has 1 fully saturated rings. The molecular weight excluding hydrogens is 493 g/mol. The molecule has 0 unspecified atom stereocenters. The number of benzene rings is 3. The Morgan fingerprint density at radius 2 is 1.77 bits per heavy atom. The number of hydrogen-bond acceptors (Lipinski definition) is 6. The first-order chi connectivity index (χ1) is 17.0. The number of ether oxygens (including phenoxy) is 3. The fourth-order valence-corrected chi connectivity index (χ4v) is 4.46. The highest BCUT2D eigenvalue weighted by Crippen LogP contribution is 2.38. The average molecular weight is 514 g/mol. The lowest BCUT2D eigenvalue weighted by atomic mass is 10.1. The number of halogens is 2. The second-order valence-electron chi connectivity index (χ2n) is 7.36. The fraction of sp³-hybridized carbons (Fsp3) is 0.154. The number of nitrogens with zero attached hydrogens (tertiary/aromatic N) is 1. The van der Waals surface area contributed by atoms with Gasteiger partial charge in [0, 0.05) is 11.1 Å². The Bertz CT molecular complexity index is 1250. The molecule has 0 atom stereocenters. The molecule has 0 aromatic heterocycles. The van der Waals surface area contributed by atoms with Gasteiger partial charge in [-0.2, -0.15) is 0 Å². The zero-order valence-electron chi connectivity index (χ0n) is 18.7. The first-order valence-corrected chi connectivity index (χ1v) is 11.8. The van der Waals surface area contributed by atoms with Crippen molar-refractivity contribution < 1.29 is 28.2 Å². The maximum absolute atomic E-state index is 14.2. The van der Waals surface area contributed by atoms with Crippen molar-refractivity contribution in [3.05, 3.63) is 93.6 Å². The van der Waals surface area contributed by atoms with Crippen LogP contribution in [0.25, 0.3) is 6.08 Å². The predicted octanol–water partition coefficient (Wildman–Crippen LogP) is 6.18. The van der Waals surface area contributed by atoms with Gasteiger partial charge in [0.05, 0.1) is 23.6 Å². The number of thioether (sulfide) groups is 1. The van der Waals surface area contributed by atoms with E-state index in [9.17, 15) is 14.0 Å². The Balaban J connectivity index is 1.51. The number of methoxy groups -OCH3 is 1. The highest BCUT2D eigenvalue weighted by Gasteiger charge is 2.35. The van der Waals surface area contributed by atoms with E-state index in [1.165, 1.54) is 19.2 Å². The summed E-state index contributed by atoms with van der Waals surface area (Å²) < 4.78 is 31.1. The van der Waals surface area contributed by atoms with E-state index >= 15 is 0 Å². The van der Waals surface area contributed by atoms with E-state index in [1.54, 1.807) is 42.5 Å². The minimum Gasteiger partial charge on any atom is -0.493 e. The number of imide groups is 1. The maximum atomic E-state index is 14.2. The minimum atomic E-state index is -0.493. The summed E-state index contributed by atoms with van der Waals surface area (Å²) in [5.41, 5.74) is 0.701. The Hall–Kier alpha value is -3.49. The fourth-order valence-electron chi connectivity index (χ4n) is 3.38. The molecule has 0 bridgehead atoms. The summed E-state index contributed by atoms with van der Waals surface area (Å²) in [4.78, 5) is 26.8. The molecule has 1 heterocycles. The van der Waals surface area contributed by atoms with Gasteiger partial charge in [-0.25, -0.2) is 4.39 Å². The van der Waals surface area contributed by atoms with Crippen molar-refractivity contribution in [3.63, 3.8) is 0 Å². The van der Waals surface area contributed by atoms with Gasteiger partial charge in [-0.05, 0) is 48.2 Å². The summed E-state index contributed by atoms with van der Waals surface area (Å²) in [7, 11) is 1.47. The summed E-state index contributed by atoms with van der Waals surface area (Å²) in [5.74, 6) is 0.425. The van der Waals surface area contributed by atoms with Crippen LogP contribution in [0.3, 0.4) is 0 Å². The monoisotopic (exact) mass is 513 g/mol. The van der Waals surface area contributed by atoms with Gasteiger partial charge >= 0.3 is 0 Å². The smallest absolute Gasteiger partial charge is 0.293 e. The van der Waals surface area contributed by atoms with Crippen LogP contribution in [0, 0.1) is 5.82 Å². The van der Waals surface area contributed by atoms with E-state index < -0.39 is 11.7 Å². The molecule has 1 aliphatic heterocycles. The third kappa shape index (κ3) is 5.78.